The molecule has 2 heterocycles. The van der Waals surface area contributed by atoms with Gasteiger partial charge in [0.2, 0.25) is 5.91 Å². The third kappa shape index (κ3) is 2.35. The number of aryl methyl sites for hydroxylation is 1. The molecule has 0 saturated carbocycles. The second-order valence-electron chi connectivity index (χ2n) is 5.51. The van der Waals surface area contributed by atoms with E-state index in [1.165, 1.54) is 7.11 Å². The van der Waals surface area contributed by atoms with Crippen molar-refractivity contribution in [1.82, 2.24) is 0 Å². The molecule has 22 heavy (non-hydrogen) atoms. The molecular formula is C16H16NO5-. The van der Waals surface area contributed by atoms with Crippen LogP contribution in [0.1, 0.15) is 5.56 Å². The average molecular weight is 302 g/mol. The van der Waals surface area contributed by atoms with Crippen molar-refractivity contribution in [1.29, 1.82) is 0 Å². The molecule has 3 rings (SSSR count). The average Bonchev–Trinajstić information content (AvgIpc) is 3.08. The summed E-state index contributed by atoms with van der Waals surface area (Å²) in [6.45, 7) is 1.89. The van der Waals surface area contributed by atoms with Crippen molar-refractivity contribution in [3.05, 3.63) is 35.9 Å². The normalized spacial score (nSPS) is 28.6. The van der Waals surface area contributed by atoms with Crippen LogP contribution in [0.3, 0.4) is 0 Å². The third-order valence-electron chi connectivity index (χ3n) is 4.09. The molecule has 116 valence electrons. The first-order chi connectivity index (χ1) is 10.5. The van der Waals surface area contributed by atoms with Crippen LogP contribution in [0.5, 0.6) is 5.75 Å². The molecule has 0 aromatic heterocycles. The number of carbonyl (C=O) groups is 2. The van der Waals surface area contributed by atoms with E-state index in [0.717, 1.165) is 5.56 Å². The number of aliphatic carboxylic acids is 1. The number of fused-ring (bicyclic) bond motifs is 2. The Bertz CT molecular complexity index is 654. The molecule has 1 amide bonds. The Morgan fingerprint density at radius 1 is 1.23 bits per heavy atom. The molecule has 1 N–H and O–H groups in total. The molecule has 0 spiro atoms. The number of carboxylic acid groups (broad SMARTS) is 1. The second kappa shape index (κ2) is 5.46. The molecule has 6 nitrogen and oxygen atoms in total. The van der Waals surface area contributed by atoms with E-state index in [1.807, 2.05) is 13.0 Å². The summed E-state index contributed by atoms with van der Waals surface area (Å²) in [6.07, 6.45) is 2.28. The quantitative estimate of drug-likeness (QED) is 0.806. The summed E-state index contributed by atoms with van der Waals surface area (Å²) in [6, 6.07) is 5.38. The zero-order valence-electron chi connectivity index (χ0n) is 12.2. The number of anilines is 1. The number of rotatable bonds is 4. The lowest BCUT2D eigenvalue weighted by molar-refractivity contribution is -0.313. The van der Waals surface area contributed by atoms with Gasteiger partial charge in [0.15, 0.2) is 0 Å². The second-order valence-corrected chi connectivity index (χ2v) is 5.51. The summed E-state index contributed by atoms with van der Waals surface area (Å²) < 4.78 is 10.7. The molecule has 6 heteroatoms. The van der Waals surface area contributed by atoms with Gasteiger partial charge in [-0.05, 0) is 24.6 Å². The maximum Gasteiger partial charge on any atom is 0.231 e. The van der Waals surface area contributed by atoms with Gasteiger partial charge in [-0.15, -0.1) is 0 Å². The van der Waals surface area contributed by atoms with Crippen LogP contribution < -0.4 is 15.2 Å². The Morgan fingerprint density at radius 3 is 2.55 bits per heavy atom. The number of nitrogens with one attached hydrogen (secondary N) is 1. The van der Waals surface area contributed by atoms with Crippen LogP contribution in [-0.2, 0) is 14.3 Å². The lowest BCUT2D eigenvalue weighted by Crippen LogP contribution is -2.45. The van der Waals surface area contributed by atoms with E-state index < -0.39 is 35.9 Å². The number of carboxylic acids is 1. The highest BCUT2D eigenvalue weighted by Gasteiger charge is 2.50. The van der Waals surface area contributed by atoms with E-state index in [4.69, 9.17) is 9.47 Å². The van der Waals surface area contributed by atoms with Crippen molar-refractivity contribution in [2.45, 2.75) is 19.1 Å². The Labute approximate surface area is 127 Å². The number of ether oxygens (including phenoxy) is 2. The summed E-state index contributed by atoms with van der Waals surface area (Å²) in [5, 5.41) is 14.1. The number of carbonyl (C=O) groups excluding carboxylic acids is 2. The summed E-state index contributed by atoms with van der Waals surface area (Å²) in [5.74, 6) is -2.93. The predicted octanol–water partition coefficient (Wildman–Crippen LogP) is 0.262. The molecule has 0 unspecified atom stereocenters. The maximum atomic E-state index is 12.5. The van der Waals surface area contributed by atoms with Crippen LogP contribution in [0.4, 0.5) is 5.69 Å². The van der Waals surface area contributed by atoms with Crippen molar-refractivity contribution in [2.75, 3.05) is 12.4 Å². The zero-order valence-corrected chi connectivity index (χ0v) is 12.2. The largest absolute Gasteiger partial charge is 0.550 e. The molecule has 2 aliphatic heterocycles. The number of hydrogen-bond acceptors (Lipinski definition) is 5. The highest BCUT2D eigenvalue weighted by Crippen LogP contribution is 2.40. The van der Waals surface area contributed by atoms with Gasteiger partial charge in [-0.3, -0.25) is 4.79 Å². The van der Waals surface area contributed by atoms with Crippen LogP contribution in [0.2, 0.25) is 0 Å². The summed E-state index contributed by atoms with van der Waals surface area (Å²) in [5.41, 5.74) is 1.47. The lowest BCUT2D eigenvalue weighted by atomic mass is 9.82. The molecule has 0 aliphatic carbocycles. The van der Waals surface area contributed by atoms with E-state index in [9.17, 15) is 14.7 Å². The van der Waals surface area contributed by atoms with Crippen molar-refractivity contribution in [2.24, 2.45) is 11.8 Å². The highest BCUT2D eigenvalue weighted by atomic mass is 16.5. The number of hydrogen-bond donors (Lipinski definition) is 1. The SMILES string of the molecule is COc1ccc(C)cc1NC(=O)[C@H]1[C@@H](C(=O)[O-])[C@H]2C=C[C@@H]1O2. The van der Waals surface area contributed by atoms with Crippen molar-refractivity contribution in [3.63, 3.8) is 0 Å². The summed E-state index contributed by atoms with van der Waals surface area (Å²) >= 11 is 0. The highest BCUT2D eigenvalue weighted by molar-refractivity contribution is 5.97. The van der Waals surface area contributed by atoms with Gasteiger partial charge in [0.05, 0.1) is 30.9 Å². The van der Waals surface area contributed by atoms with Gasteiger partial charge in [-0.25, -0.2) is 0 Å². The molecule has 1 saturated heterocycles. The van der Waals surface area contributed by atoms with Gasteiger partial charge < -0.3 is 24.7 Å². The van der Waals surface area contributed by atoms with Crippen LogP contribution in [0.25, 0.3) is 0 Å². The lowest BCUT2D eigenvalue weighted by Gasteiger charge is -2.25. The molecule has 1 aromatic rings. The first-order valence-electron chi connectivity index (χ1n) is 7.01. The van der Waals surface area contributed by atoms with Gasteiger partial charge in [0.25, 0.3) is 0 Å². The van der Waals surface area contributed by atoms with Crippen molar-refractivity contribution < 1.29 is 24.2 Å². The van der Waals surface area contributed by atoms with Crippen LogP contribution >= 0.6 is 0 Å². The smallest absolute Gasteiger partial charge is 0.231 e. The Balaban J connectivity index is 1.84. The van der Waals surface area contributed by atoms with Gasteiger partial charge in [0, 0.05) is 11.9 Å². The minimum atomic E-state index is -1.27. The summed E-state index contributed by atoms with van der Waals surface area (Å²) in [4.78, 5) is 23.8. The molecule has 0 radical (unpaired) electrons. The number of benzene rings is 1. The monoisotopic (exact) mass is 302 g/mol. The number of methoxy groups -OCH3 is 1. The Hall–Kier alpha value is -2.34. The minimum Gasteiger partial charge on any atom is -0.550 e. The standard InChI is InChI=1S/C16H17NO5/c1-8-3-4-10(21-2)9(7-8)17-15(18)13-11-5-6-12(22-11)14(13)16(19)20/h3-7,11-14H,1-2H3,(H,17,18)(H,19,20)/p-1/t11-,12+,13+,14-/m0/s1. The topological polar surface area (TPSA) is 87.7 Å². The van der Waals surface area contributed by atoms with E-state index in [1.54, 1.807) is 24.3 Å². The van der Waals surface area contributed by atoms with Gasteiger partial charge in [-0.2, -0.15) is 0 Å². The number of amides is 1. The molecule has 1 fully saturated rings. The van der Waals surface area contributed by atoms with Gasteiger partial charge in [-0.1, -0.05) is 18.2 Å². The van der Waals surface area contributed by atoms with E-state index in [2.05, 4.69) is 5.32 Å². The fourth-order valence-corrected chi connectivity index (χ4v) is 3.04. The molecule has 2 aliphatic rings. The summed E-state index contributed by atoms with van der Waals surface area (Å²) in [7, 11) is 1.51. The van der Waals surface area contributed by atoms with Crippen LogP contribution in [0, 0.1) is 18.8 Å². The Kier molecular flexibility index (Phi) is 3.62. The van der Waals surface area contributed by atoms with Crippen LogP contribution in [0.15, 0.2) is 30.4 Å². The van der Waals surface area contributed by atoms with Gasteiger partial charge >= 0.3 is 0 Å². The van der Waals surface area contributed by atoms with Crippen molar-refractivity contribution in [3.8, 4) is 5.75 Å². The predicted molar refractivity (Wildman–Crippen MR) is 76.1 cm³/mol. The van der Waals surface area contributed by atoms with E-state index in [-0.39, 0.29) is 0 Å². The van der Waals surface area contributed by atoms with Gasteiger partial charge in [0.1, 0.15) is 5.75 Å². The fraction of sp³-hybridized carbons (Fsp3) is 0.375. The molecular weight excluding hydrogens is 286 g/mol. The van der Waals surface area contributed by atoms with Crippen molar-refractivity contribution >= 4 is 17.6 Å². The van der Waals surface area contributed by atoms with Crippen LogP contribution in [-0.4, -0.2) is 31.2 Å². The maximum absolute atomic E-state index is 12.5. The van der Waals surface area contributed by atoms with E-state index in [0.29, 0.717) is 11.4 Å². The van der Waals surface area contributed by atoms with E-state index >= 15 is 0 Å². The Morgan fingerprint density at radius 2 is 1.91 bits per heavy atom. The first kappa shape index (κ1) is 14.6. The molecule has 1 aromatic carbocycles. The molecule has 2 bridgehead atoms. The third-order valence-corrected chi connectivity index (χ3v) is 4.09. The zero-order chi connectivity index (χ0) is 15.9. The molecule has 4 atom stereocenters. The minimum absolute atomic E-state index is 0.407. The first-order valence-corrected chi connectivity index (χ1v) is 7.01. The fourth-order valence-electron chi connectivity index (χ4n) is 3.04.